The fourth-order valence-corrected chi connectivity index (χ4v) is 2.15. The number of rotatable bonds is 4. The summed E-state index contributed by atoms with van der Waals surface area (Å²) in [4.78, 5) is 14.1. The van der Waals surface area contributed by atoms with Crippen LogP contribution in [0.3, 0.4) is 0 Å². The highest BCUT2D eigenvalue weighted by Gasteiger charge is 2.28. The van der Waals surface area contributed by atoms with Gasteiger partial charge in [-0.15, -0.1) is 0 Å². The van der Waals surface area contributed by atoms with Gasteiger partial charge in [-0.05, 0) is 24.8 Å². The lowest BCUT2D eigenvalue weighted by atomic mass is 10.2. The summed E-state index contributed by atoms with van der Waals surface area (Å²) in [5, 5.41) is 0. The Labute approximate surface area is 102 Å². The van der Waals surface area contributed by atoms with E-state index in [0.717, 1.165) is 25.1 Å². The molecule has 1 aliphatic rings. The molecule has 1 aromatic heterocycles. The Hall–Kier alpha value is -1.45. The Bertz CT molecular complexity index is 418. The van der Waals surface area contributed by atoms with Crippen molar-refractivity contribution in [3.8, 4) is 0 Å². The van der Waals surface area contributed by atoms with Crippen LogP contribution in [-0.2, 0) is 0 Å². The second-order valence-electron chi connectivity index (χ2n) is 5.38. The SMILES string of the molecule is CC(C)CN(C)C(=O)c1cc(N)cn1C1CC1. The molecule has 1 aromatic rings. The number of aromatic nitrogens is 1. The Morgan fingerprint density at radius 3 is 2.76 bits per heavy atom. The molecule has 0 atom stereocenters. The summed E-state index contributed by atoms with van der Waals surface area (Å²) in [6.45, 7) is 4.99. The van der Waals surface area contributed by atoms with Crippen LogP contribution >= 0.6 is 0 Å². The lowest BCUT2D eigenvalue weighted by molar-refractivity contribution is 0.0768. The third-order valence-electron chi connectivity index (χ3n) is 3.01. The molecule has 1 aliphatic carbocycles. The summed E-state index contributed by atoms with van der Waals surface area (Å²) < 4.78 is 2.04. The molecule has 1 fully saturated rings. The first-order valence-electron chi connectivity index (χ1n) is 6.22. The first kappa shape index (κ1) is 12.0. The molecule has 0 unspecified atom stereocenters. The van der Waals surface area contributed by atoms with E-state index < -0.39 is 0 Å². The zero-order valence-electron chi connectivity index (χ0n) is 10.8. The smallest absolute Gasteiger partial charge is 0.270 e. The fourth-order valence-electron chi connectivity index (χ4n) is 2.15. The molecule has 1 heterocycles. The minimum atomic E-state index is 0.0716. The minimum absolute atomic E-state index is 0.0716. The maximum atomic E-state index is 12.3. The average molecular weight is 235 g/mol. The van der Waals surface area contributed by atoms with Gasteiger partial charge in [0.1, 0.15) is 5.69 Å². The number of hydrogen-bond acceptors (Lipinski definition) is 2. The molecule has 17 heavy (non-hydrogen) atoms. The van der Waals surface area contributed by atoms with Crippen molar-refractivity contribution in [3.63, 3.8) is 0 Å². The second kappa shape index (κ2) is 4.43. The van der Waals surface area contributed by atoms with Gasteiger partial charge in [-0.3, -0.25) is 4.79 Å². The van der Waals surface area contributed by atoms with Gasteiger partial charge in [0.05, 0.1) is 5.69 Å². The van der Waals surface area contributed by atoms with Gasteiger partial charge in [0.25, 0.3) is 5.91 Å². The average Bonchev–Trinajstić information content (AvgIpc) is 3.00. The molecule has 0 saturated heterocycles. The quantitative estimate of drug-likeness (QED) is 0.869. The summed E-state index contributed by atoms with van der Waals surface area (Å²) in [6.07, 6.45) is 4.19. The molecule has 0 bridgehead atoms. The third kappa shape index (κ3) is 2.62. The fraction of sp³-hybridized carbons (Fsp3) is 0.615. The van der Waals surface area contributed by atoms with E-state index in [4.69, 9.17) is 5.73 Å². The largest absolute Gasteiger partial charge is 0.397 e. The third-order valence-corrected chi connectivity index (χ3v) is 3.01. The number of anilines is 1. The van der Waals surface area contributed by atoms with Gasteiger partial charge < -0.3 is 15.2 Å². The van der Waals surface area contributed by atoms with E-state index in [1.807, 2.05) is 17.8 Å². The van der Waals surface area contributed by atoms with Gasteiger partial charge in [0, 0.05) is 25.8 Å². The van der Waals surface area contributed by atoms with E-state index in [9.17, 15) is 4.79 Å². The summed E-state index contributed by atoms with van der Waals surface area (Å²) in [5.74, 6) is 0.549. The molecule has 0 spiro atoms. The normalized spacial score (nSPS) is 15.3. The molecule has 2 N–H and O–H groups in total. The molecule has 0 aromatic carbocycles. The first-order valence-corrected chi connectivity index (χ1v) is 6.22. The van der Waals surface area contributed by atoms with E-state index >= 15 is 0 Å². The topological polar surface area (TPSA) is 51.3 Å². The molecule has 1 amide bonds. The molecule has 0 radical (unpaired) electrons. The van der Waals surface area contributed by atoms with E-state index in [0.29, 0.717) is 17.6 Å². The van der Waals surface area contributed by atoms with Crippen LogP contribution in [0.2, 0.25) is 0 Å². The standard InChI is InChI=1S/C13H21N3O/c1-9(2)7-15(3)13(17)12-6-10(14)8-16(12)11-4-5-11/h6,8-9,11H,4-5,7,14H2,1-3H3. The highest BCUT2D eigenvalue weighted by atomic mass is 16.2. The van der Waals surface area contributed by atoms with Gasteiger partial charge in [-0.1, -0.05) is 13.8 Å². The lowest BCUT2D eigenvalue weighted by Gasteiger charge is -2.20. The van der Waals surface area contributed by atoms with Gasteiger partial charge in [-0.2, -0.15) is 0 Å². The Kier molecular flexibility index (Phi) is 3.13. The highest BCUT2D eigenvalue weighted by molar-refractivity contribution is 5.93. The van der Waals surface area contributed by atoms with Crippen molar-refractivity contribution < 1.29 is 4.79 Å². The summed E-state index contributed by atoms with van der Waals surface area (Å²) in [5.41, 5.74) is 7.20. The molecule has 2 rings (SSSR count). The zero-order valence-corrected chi connectivity index (χ0v) is 10.8. The van der Waals surface area contributed by atoms with Gasteiger partial charge >= 0.3 is 0 Å². The number of nitrogens with zero attached hydrogens (tertiary/aromatic N) is 2. The lowest BCUT2D eigenvalue weighted by Crippen LogP contribution is -2.31. The number of nitrogens with two attached hydrogens (primary N) is 1. The number of amides is 1. The van der Waals surface area contributed by atoms with Crippen LogP contribution in [0.4, 0.5) is 5.69 Å². The van der Waals surface area contributed by atoms with Crippen molar-refractivity contribution in [3.05, 3.63) is 18.0 Å². The Morgan fingerprint density at radius 1 is 1.59 bits per heavy atom. The van der Waals surface area contributed by atoms with Crippen LogP contribution in [0.25, 0.3) is 0 Å². The van der Waals surface area contributed by atoms with Crippen molar-refractivity contribution in [1.82, 2.24) is 9.47 Å². The molecule has 0 aliphatic heterocycles. The summed E-state index contributed by atoms with van der Waals surface area (Å²) in [6, 6.07) is 2.27. The van der Waals surface area contributed by atoms with Gasteiger partial charge in [0.2, 0.25) is 0 Å². The van der Waals surface area contributed by atoms with Crippen LogP contribution in [-0.4, -0.2) is 29.0 Å². The molecule has 94 valence electrons. The van der Waals surface area contributed by atoms with Crippen molar-refractivity contribution >= 4 is 11.6 Å². The van der Waals surface area contributed by atoms with Crippen LogP contribution in [0, 0.1) is 5.92 Å². The molecular formula is C13H21N3O. The second-order valence-corrected chi connectivity index (χ2v) is 5.38. The number of carbonyl (C=O) groups is 1. The highest BCUT2D eigenvalue weighted by Crippen LogP contribution is 2.37. The van der Waals surface area contributed by atoms with Crippen molar-refractivity contribution in [2.75, 3.05) is 19.3 Å². The van der Waals surface area contributed by atoms with Crippen LogP contribution in [0.15, 0.2) is 12.3 Å². The van der Waals surface area contributed by atoms with Crippen LogP contribution < -0.4 is 5.73 Å². The molecule has 4 nitrogen and oxygen atoms in total. The zero-order chi connectivity index (χ0) is 12.6. The first-order chi connectivity index (χ1) is 7.99. The molecule has 4 heteroatoms. The van der Waals surface area contributed by atoms with Gasteiger partial charge in [-0.25, -0.2) is 0 Å². The maximum absolute atomic E-state index is 12.3. The Balaban J connectivity index is 2.18. The van der Waals surface area contributed by atoms with Crippen molar-refractivity contribution in [2.45, 2.75) is 32.7 Å². The van der Waals surface area contributed by atoms with Crippen LogP contribution in [0.5, 0.6) is 0 Å². The minimum Gasteiger partial charge on any atom is -0.397 e. The predicted octanol–water partition coefficient (Wildman–Crippen LogP) is 2.13. The van der Waals surface area contributed by atoms with Gasteiger partial charge in [0.15, 0.2) is 0 Å². The van der Waals surface area contributed by atoms with E-state index in [1.165, 1.54) is 0 Å². The van der Waals surface area contributed by atoms with E-state index in [-0.39, 0.29) is 5.91 Å². The molecule has 1 saturated carbocycles. The number of hydrogen-bond donors (Lipinski definition) is 1. The summed E-state index contributed by atoms with van der Waals surface area (Å²) >= 11 is 0. The summed E-state index contributed by atoms with van der Waals surface area (Å²) in [7, 11) is 1.85. The Morgan fingerprint density at radius 2 is 2.24 bits per heavy atom. The van der Waals surface area contributed by atoms with Crippen molar-refractivity contribution in [2.24, 2.45) is 5.92 Å². The predicted molar refractivity (Wildman–Crippen MR) is 68.9 cm³/mol. The van der Waals surface area contributed by atoms with E-state index in [1.54, 1.807) is 11.0 Å². The monoisotopic (exact) mass is 235 g/mol. The number of carbonyl (C=O) groups excluding carboxylic acids is 1. The molecular weight excluding hydrogens is 214 g/mol. The van der Waals surface area contributed by atoms with E-state index in [2.05, 4.69) is 13.8 Å². The van der Waals surface area contributed by atoms with Crippen LogP contribution in [0.1, 0.15) is 43.2 Å². The maximum Gasteiger partial charge on any atom is 0.270 e. The van der Waals surface area contributed by atoms with Crippen molar-refractivity contribution in [1.29, 1.82) is 0 Å². The number of nitrogen functional groups attached to an aromatic ring is 1.